The Bertz CT molecular complexity index is 699. The van der Waals surface area contributed by atoms with Crippen LogP contribution in [0, 0.1) is 0 Å². The first-order chi connectivity index (χ1) is 11.7. The lowest BCUT2D eigenvalue weighted by Gasteiger charge is -2.16. The Hall–Kier alpha value is -2.70. The molecule has 0 bridgehead atoms. The summed E-state index contributed by atoms with van der Waals surface area (Å²) < 4.78 is 1.75. The second-order valence-electron chi connectivity index (χ2n) is 6.00. The average molecular weight is 327 g/mol. The van der Waals surface area contributed by atoms with E-state index < -0.39 is 6.04 Å². The Labute approximate surface area is 140 Å². The zero-order chi connectivity index (χ0) is 16.8. The van der Waals surface area contributed by atoms with E-state index in [4.69, 9.17) is 0 Å². The quantitative estimate of drug-likeness (QED) is 0.857. The first kappa shape index (κ1) is 16.2. The minimum Gasteiger partial charge on any atom is -0.350 e. The van der Waals surface area contributed by atoms with Crippen molar-refractivity contribution < 1.29 is 9.59 Å². The minimum absolute atomic E-state index is 0.0394. The van der Waals surface area contributed by atoms with Crippen molar-refractivity contribution in [3.8, 4) is 0 Å². The molecular weight excluding hydrogens is 306 g/mol. The fourth-order valence-electron chi connectivity index (χ4n) is 2.82. The van der Waals surface area contributed by atoms with Crippen molar-refractivity contribution >= 4 is 11.8 Å². The SMILES string of the molecule is O=C1CCCC[C@H](C(=O)NCc2cccc(Cn3cncn3)c2)N1. The number of rotatable bonds is 5. The number of amides is 2. The third kappa shape index (κ3) is 4.41. The summed E-state index contributed by atoms with van der Waals surface area (Å²) in [5, 5.41) is 9.79. The molecule has 2 heterocycles. The van der Waals surface area contributed by atoms with E-state index in [-0.39, 0.29) is 11.8 Å². The molecule has 2 N–H and O–H groups in total. The maximum absolute atomic E-state index is 12.3. The van der Waals surface area contributed by atoms with Gasteiger partial charge >= 0.3 is 0 Å². The molecule has 7 nitrogen and oxygen atoms in total. The summed E-state index contributed by atoms with van der Waals surface area (Å²) >= 11 is 0. The largest absolute Gasteiger partial charge is 0.350 e. The van der Waals surface area contributed by atoms with Gasteiger partial charge < -0.3 is 10.6 Å². The van der Waals surface area contributed by atoms with E-state index in [1.54, 1.807) is 11.0 Å². The smallest absolute Gasteiger partial charge is 0.242 e. The highest BCUT2D eigenvalue weighted by Gasteiger charge is 2.22. The van der Waals surface area contributed by atoms with Crippen LogP contribution >= 0.6 is 0 Å². The second kappa shape index (κ2) is 7.72. The zero-order valence-electron chi connectivity index (χ0n) is 13.4. The van der Waals surface area contributed by atoms with Gasteiger partial charge in [-0.15, -0.1) is 0 Å². The molecule has 1 aliphatic heterocycles. The number of nitrogens with one attached hydrogen (secondary N) is 2. The third-order valence-electron chi connectivity index (χ3n) is 4.07. The van der Waals surface area contributed by atoms with Crippen LogP contribution in [0.2, 0.25) is 0 Å². The van der Waals surface area contributed by atoms with Gasteiger partial charge in [-0.05, 0) is 24.0 Å². The van der Waals surface area contributed by atoms with Crippen molar-refractivity contribution in [1.82, 2.24) is 25.4 Å². The van der Waals surface area contributed by atoms with Gasteiger partial charge in [-0.3, -0.25) is 9.59 Å². The molecule has 3 rings (SSSR count). The molecule has 0 unspecified atom stereocenters. The highest BCUT2D eigenvalue weighted by atomic mass is 16.2. The first-order valence-corrected chi connectivity index (χ1v) is 8.18. The predicted molar refractivity (Wildman–Crippen MR) is 87.8 cm³/mol. The maximum atomic E-state index is 12.3. The van der Waals surface area contributed by atoms with Crippen molar-refractivity contribution in [2.45, 2.75) is 44.8 Å². The molecule has 1 saturated heterocycles. The molecule has 0 aliphatic carbocycles. The highest BCUT2D eigenvalue weighted by molar-refractivity contribution is 5.87. The van der Waals surface area contributed by atoms with E-state index in [1.165, 1.54) is 6.33 Å². The molecule has 2 amide bonds. The summed E-state index contributed by atoms with van der Waals surface area (Å²) in [5.74, 6) is -0.158. The molecule has 126 valence electrons. The van der Waals surface area contributed by atoms with E-state index in [9.17, 15) is 9.59 Å². The number of carbonyl (C=O) groups excluding carboxylic acids is 2. The predicted octanol–water partition coefficient (Wildman–Crippen LogP) is 1.00. The minimum atomic E-state index is -0.418. The Kier molecular flexibility index (Phi) is 5.20. The summed E-state index contributed by atoms with van der Waals surface area (Å²) in [6.45, 7) is 1.08. The molecule has 1 atom stereocenters. The van der Waals surface area contributed by atoms with Crippen molar-refractivity contribution in [1.29, 1.82) is 0 Å². The lowest BCUT2D eigenvalue weighted by molar-refractivity contribution is -0.128. The van der Waals surface area contributed by atoms with Gasteiger partial charge in [0.2, 0.25) is 11.8 Å². The fourth-order valence-corrected chi connectivity index (χ4v) is 2.82. The van der Waals surface area contributed by atoms with Crippen molar-refractivity contribution in [2.24, 2.45) is 0 Å². The van der Waals surface area contributed by atoms with Crippen LogP contribution in [0.1, 0.15) is 36.8 Å². The standard InChI is InChI=1S/C17H21N5O2/c23-16-7-2-1-6-15(21-16)17(24)19-9-13-4-3-5-14(8-13)10-22-12-18-11-20-22/h3-5,8,11-12,15H,1-2,6-7,9-10H2,(H,19,24)(H,21,23)/t15-/m1/s1. The molecular formula is C17H21N5O2. The van der Waals surface area contributed by atoms with E-state index in [2.05, 4.69) is 20.7 Å². The zero-order valence-corrected chi connectivity index (χ0v) is 13.4. The third-order valence-corrected chi connectivity index (χ3v) is 4.07. The van der Waals surface area contributed by atoms with Gasteiger partial charge in [-0.25, -0.2) is 9.67 Å². The number of carbonyl (C=O) groups is 2. The summed E-state index contributed by atoms with van der Waals surface area (Å²) in [5.41, 5.74) is 2.11. The lowest BCUT2D eigenvalue weighted by Crippen LogP contribution is -2.45. The first-order valence-electron chi connectivity index (χ1n) is 8.18. The summed E-state index contributed by atoms with van der Waals surface area (Å²) in [7, 11) is 0. The number of aromatic nitrogens is 3. The molecule has 7 heteroatoms. The molecule has 24 heavy (non-hydrogen) atoms. The molecule has 0 radical (unpaired) electrons. The van der Waals surface area contributed by atoms with Gasteiger partial charge in [0.05, 0.1) is 6.54 Å². The Morgan fingerprint density at radius 1 is 1.33 bits per heavy atom. The molecule has 0 spiro atoms. The fraction of sp³-hybridized carbons (Fsp3) is 0.412. The van der Waals surface area contributed by atoms with Crippen LogP contribution in [0.5, 0.6) is 0 Å². The number of hydrogen-bond donors (Lipinski definition) is 2. The van der Waals surface area contributed by atoms with Gasteiger partial charge in [0, 0.05) is 13.0 Å². The van der Waals surface area contributed by atoms with E-state index in [1.807, 2.05) is 24.3 Å². The second-order valence-corrected chi connectivity index (χ2v) is 6.00. The highest BCUT2D eigenvalue weighted by Crippen LogP contribution is 2.10. The van der Waals surface area contributed by atoms with Crippen LogP contribution in [-0.4, -0.2) is 32.6 Å². The normalized spacial score (nSPS) is 17.8. The Balaban J connectivity index is 1.56. The van der Waals surface area contributed by atoms with E-state index >= 15 is 0 Å². The molecule has 1 aliphatic rings. The summed E-state index contributed by atoms with van der Waals surface area (Å²) in [6.07, 6.45) is 6.12. The molecule has 1 aromatic carbocycles. The van der Waals surface area contributed by atoms with Crippen LogP contribution in [-0.2, 0) is 22.7 Å². The van der Waals surface area contributed by atoms with E-state index in [0.717, 1.165) is 24.0 Å². The number of hydrogen-bond acceptors (Lipinski definition) is 4. The Morgan fingerprint density at radius 2 is 2.21 bits per heavy atom. The van der Waals surface area contributed by atoms with Crippen LogP contribution in [0.3, 0.4) is 0 Å². The van der Waals surface area contributed by atoms with Gasteiger partial charge in [0.15, 0.2) is 0 Å². The van der Waals surface area contributed by atoms with Gasteiger partial charge in [0.1, 0.15) is 18.7 Å². The summed E-state index contributed by atoms with van der Waals surface area (Å²) in [6, 6.07) is 7.56. The maximum Gasteiger partial charge on any atom is 0.242 e. The number of nitrogens with zero attached hydrogens (tertiary/aromatic N) is 3. The van der Waals surface area contributed by atoms with Gasteiger partial charge in [0.25, 0.3) is 0 Å². The van der Waals surface area contributed by atoms with E-state index in [0.29, 0.717) is 25.9 Å². The van der Waals surface area contributed by atoms with Gasteiger partial charge in [-0.2, -0.15) is 5.10 Å². The van der Waals surface area contributed by atoms with Crippen molar-refractivity contribution in [3.05, 3.63) is 48.0 Å². The Morgan fingerprint density at radius 3 is 3.04 bits per heavy atom. The average Bonchev–Trinajstić information content (AvgIpc) is 2.99. The lowest BCUT2D eigenvalue weighted by atomic mass is 10.1. The molecule has 1 aromatic heterocycles. The van der Waals surface area contributed by atoms with Crippen molar-refractivity contribution in [2.75, 3.05) is 0 Å². The summed E-state index contributed by atoms with van der Waals surface area (Å²) in [4.78, 5) is 27.8. The molecule has 2 aromatic rings. The molecule has 0 saturated carbocycles. The van der Waals surface area contributed by atoms with Crippen LogP contribution in [0.4, 0.5) is 0 Å². The van der Waals surface area contributed by atoms with Crippen LogP contribution < -0.4 is 10.6 Å². The van der Waals surface area contributed by atoms with Crippen LogP contribution in [0.25, 0.3) is 0 Å². The van der Waals surface area contributed by atoms with Crippen LogP contribution in [0.15, 0.2) is 36.9 Å². The topological polar surface area (TPSA) is 88.9 Å². The monoisotopic (exact) mass is 327 g/mol. The molecule has 1 fully saturated rings. The van der Waals surface area contributed by atoms with Gasteiger partial charge in [-0.1, -0.05) is 30.7 Å². The number of benzene rings is 1. The van der Waals surface area contributed by atoms with Crippen molar-refractivity contribution in [3.63, 3.8) is 0 Å².